The summed E-state index contributed by atoms with van der Waals surface area (Å²) in [5.74, 6) is 2.23. The molecule has 142 valence electrons. The minimum absolute atomic E-state index is 0.164. The standard InChI is InChI=1S/C18H27N5O2S/c1-12-9-25-13(2)8-23(12)26(24)10-14-6-15(7-14)22(3)18-16-4-5-19-17(16)20-11-21-18/h4-5,11-15H,6-10H2,1-3H3,(H,19,20,21)/t12-,13-,14?,15?,26?/m1/s1. The van der Waals surface area contributed by atoms with Crippen LogP contribution in [0.15, 0.2) is 18.6 Å². The minimum atomic E-state index is -0.920. The van der Waals surface area contributed by atoms with Gasteiger partial charge in [-0.2, -0.15) is 0 Å². The van der Waals surface area contributed by atoms with Crippen LogP contribution in [0, 0.1) is 5.92 Å². The zero-order valence-electron chi connectivity index (χ0n) is 15.6. The van der Waals surface area contributed by atoms with Gasteiger partial charge in [-0.3, -0.25) is 0 Å². The maximum atomic E-state index is 12.8. The Balaban J connectivity index is 1.34. The number of nitrogens with zero attached hydrogens (tertiary/aromatic N) is 4. The van der Waals surface area contributed by atoms with Gasteiger partial charge in [-0.15, -0.1) is 0 Å². The molecule has 2 aromatic heterocycles. The average molecular weight is 378 g/mol. The van der Waals surface area contributed by atoms with Crippen molar-refractivity contribution in [3.63, 3.8) is 0 Å². The van der Waals surface area contributed by atoms with Gasteiger partial charge < -0.3 is 14.6 Å². The molecule has 7 nitrogen and oxygen atoms in total. The van der Waals surface area contributed by atoms with Crippen LogP contribution in [0.25, 0.3) is 11.0 Å². The van der Waals surface area contributed by atoms with E-state index in [1.807, 2.05) is 19.2 Å². The molecule has 1 unspecified atom stereocenters. The average Bonchev–Trinajstić information content (AvgIpc) is 3.07. The van der Waals surface area contributed by atoms with Crippen LogP contribution < -0.4 is 4.90 Å². The largest absolute Gasteiger partial charge is 0.375 e. The van der Waals surface area contributed by atoms with E-state index in [4.69, 9.17) is 4.74 Å². The predicted octanol–water partition coefficient (Wildman–Crippen LogP) is 1.95. The number of rotatable bonds is 5. The van der Waals surface area contributed by atoms with Crippen LogP contribution in [0.4, 0.5) is 5.82 Å². The topological polar surface area (TPSA) is 74.4 Å². The van der Waals surface area contributed by atoms with Crippen molar-refractivity contribution in [2.45, 2.75) is 44.9 Å². The SMILES string of the molecule is C[C@@H]1CN(S(=O)CC2CC(N(C)c3ncnc4[nH]ccc34)C2)[C@H](C)CO1. The van der Waals surface area contributed by atoms with Gasteiger partial charge in [0.05, 0.1) is 29.1 Å². The molecule has 2 aliphatic rings. The highest BCUT2D eigenvalue weighted by Crippen LogP contribution is 2.36. The summed E-state index contributed by atoms with van der Waals surface area (Å²) < 4.78 is 20.5. The molecule has 1 aliphatic heterocycles. The molecule has 26 heavy (non-hydrogen) atoms. The Labute approximate surface area is 156 Å². The molecule has 1 saturated heterocycles. The van der Waals surface area contributed by atoms with Crippen LogP contribution in [-0.4, -0.2) is 67.6 Å². The van der Waals surface area contributed by atoms with Crippen LogP contribution in [0.1, 0.15) is 26.7 Å². The van der Waals surface area contributed by atoms with E-state index in [-0.39, 0.29) is 12.1 Å². The summed E-state index contributed by atoms with van der Waals surface area (Å²) in [5.41, 5.74) is 0.870. The Morgan fingerprint density at radius 1 is 1.38 bits per heavy atom. The molecule has 1 aliphatic carbocycles. The van der Waals surface area contributed by atoms with E-state index in [1.54, 1.807) is 6.33 Å². The maximum Gasteiger partial charge on any atom is 0.142 e. The lowest BCUT2D eigenvalue weighted by molar-refractivity contribution is -0.0154. The molecular weight excluding hydrogens is 350 g/mol. The summed E-state index contributed by atoms with van der Waals surface area (Å²) in [4.78, 5) is 14.1. The Morgan fingerprint density at radius 2 is 2.19 bits per heavy atom. The van der Waals surface area contributed by atoms with Crippen LogP contribution >= 0.6 is 0 Å². The Bertz CT molecular complexity index is 791. The van der Waals surface area contributed by atoms with Gasteiger partial charge in [0.1, 0.15) is 17.8 Å². The Hall–Kier alpha value is -1.51. The second kappa shape index (κ2) is 7.25. The number of aromatic amines is 1. The minimum Gasteiger partial charge on any atom is -0.375 e. The van der Waals surface area contributed by atoms with Crippen molar-refractivity contribution in [1.82, 2.24) is 19.3 Å². The maximum absolute atomic E-state index is 12.8. The van der Waals surface area contributed by atoms with E-state index in [0.717, 1.165) is 42.0 Å². The summed E-state index contributed by atoms with van der Waals surface area (Å²) in [6, 6.07) is 2.70. The van der Waals surface area contributed by atoms with E-state index >= 15 is 0 Å². The molecule has 8 heteroatoms. The zero-order valence-corrected chi connectivity index (χ0v) is 16.4. The number of morpholine rings is 1. The van der Waals surface area contributed by atoms with Crippen molar-refractivity contribution < 1.29 is 8.95 Å². The summed E-state index contributed by atoms with van der Waals surface area (Å²) >= 11 is 0. The van der Waals surface area contributed by atoms with E-state index in [2.05, 4.69) is 38.1 Å². The first kappa shape index (κ1) is 17.9. The van der Waals surface area contributed by atoms with Crippen molar-refractivity contribution in [3.05, 3.63) is 18.6 Å². The van der Waals surface area contributed by atoms with Crippen LogP contribution in [0.3, 0.4) is 0 Å². The molecule has 0 spiro atoms. The van der Waals surface area contributed by atoms with Gasteiger partial charge in [0.2, 0.25) is 0 Å². The molecule has 2 fully saturated rings. The summed E-state index contributed by atoms with van der Waals surface area (Å²) in [6.45, 7) is 5.58. The number of aromatic nitrogens is 3. The number of hydrogen-bond acceptors (Lipinski definition) is 5. The van der Waals surface area contributed by atoms with Crippen LogP contribution in [-0.2, 0) is 15.7 Å². The number of hydrogen-bond donors (Lipinski definition) is 1. The summed E-state index contributed by atoms with van der Waals surface area (Å²) in [7, 11) is 1.18. The zero-order chi connectivity index (χ0) is 18.3. The lowest BCUT2D eigenvalue weighted by atomic mass is 9.81. The van der Waals surface area contributed by atoms with Crippen molar-refractivity contribution in [1.29, 1.82) is 0 Å². The number of nitrogens with one attached hydrogen (secondary N) is 1. The van der Waals surface area contributed by atoms with Gasteiger partial charge in [-0.25, -0.2) is 18.5 Å². The normalized spacial score (nSPS) is 30.9. The van der Waals surface area contributed by atoms with Gasteiger partial charge in [0, 0.05) is 37.6 Å². The monoisotopic (exact) mass is 377 g/mol. The lowest BCUT2D eigenvalue weighted by Crippen LogP contribution is -2.51. The molecule has 3 atom stereocenters. The number of H-pyrrole nitrogens is 1. The Kier molecular flexibility index (Phi) is 4.98. The second-order valence-electron chi connectivity index (χ2n) is 7.62. The lowest BCUT2D eigenvalue weighted by Gasteiger charge is -2.43. The molecule has 1 N–H and O–H groups in total. The molecule has 0 bridgehead atoms. The van der Waals surface area contributed by atoms with E-state index in [9.17, 15) is 4.21 Å². The second-order valence-corrected chi connectivity index (χ2v) is 9.07. The predicted molar refractivity (Wildman–Crippen MR) is 103 cm³/mol. The fraction of sp³-hybridized carbons (Fsp3) is 0.667. The molecular formula is C18H27N5O2S. The molecule has 4 rings (SSSR count). The number of fused-ring (bicyclic) bond motifs is 1. The van der Waals surface area contributed by atoms with Gasteiger partial charge >= 0.3 is 0 Å². The summed E-state index contributed by atoms with van der Waals surface area (Å²) in [6.07, 6.45) is 5.79. The molecule has 1 saturated carbocycles. The Morgan fingerprint density at radius 3 is 3.00 bits per heavy atom. The third-order valence-corrected chi connectivity index (χ3v) is 7.40. The van der Waals surface area contributed by atoms with Crippen molar-refractivity contribution in [2.75, 3.05) is 30.9 Å². The van der Waals surface area contributed by atoms with Crippen molar-refractivity contribution in [2.24, 2.45) is 5.92 Å². The van der Waals surface area contributed by atoms with Gasteiger partial charge in [0.25, 0.3) is 0 Å². The van der Waals surface area contributed by atoms with E-state index < -0.39 is 11.0 Å². The van der Waals surface area contributed by atoms with Gasteiger partial charge in [-0.05, 0) is 38.7 Å². The molecule has 0 radical (unpaired) electrons. The van der Waals surface area contributed by atoms with Gasteiger partial charge in [-0.1, -0.05) is 0 Å². The summed E-state index contributed by atoms with van der Waals surface area (Å²) in [5, 5.41) is 1.05. The number of ether oxygens (including phenoxy) is 1. The third kappa shape index (κ3) is 3.37. The van der Waals surface area contributed by atoms with Crippen molar-refractivity contribution in [3.8, 4) is 0 Å². The first-order valence-corrected chi connectivity index (χ1v) is 10.6. The third-order valence-electron chi connectivity index (χ3n) is 5.62. The molecule has 2 aromatic rings. The number of anilines is 1. The quantitative estimate of drug-likeness (QED) is 0.862. The highest BCUT2D eigenvalue weighted by Gasteiger charge is 2.36. The first-order chi connectivity index (χ1) is 12.5. The highest BCUT2D eigenvalue weighted by atomic mass is 32.2. The fourth-order valence-corrected chi connectivity index (χ4v) is 5.62. The molecule has 0 aromatic carbocycles. The highest BCUT2D eigenvalue weighted by molar-refractivity contribution is 7.82. The van der Waals surface area contributed by atoms with Gasteiger partial charge in [0.15, 0.2) is 0 Å². The van der Waals surface area contributed by atoms with E-state index in [1.165, 1.54) is 0 Å². The van der Waals surface area contributed by atoms with Crippen molar-refractivity contribution >= 4 is 27.8 Å². The van der Waals surface area contributed by atoms with Crippen LogP contribution in [0.2, 0.25) is 0 Å². The fourth-order valence-electron chi connectivity index (χ4n) is 3.92. The first-order valence-electron chi connectivity index (χ1n) is 9.30. The van der Waals surface area contributed by atoms with E-state index in [0.29, 0.717) is 18.6 Å². The smallest absolute Gasteiger partial charge is 0.142 e. The molecule has 0 amide bonds. The van der Waals surface area contributed by atoms with Crippen LogP contribution in [0.5, 0.6) is 0 Å². The molecule has 3 heterocycles.